The van der Waals surface area contributed by atoms with Gasteiger partial charge in [-0.1, -0.05) is 56.3 Å². The number of benzene rings is 2. The minimum atomic E-state index is -0.469. The number of nitrogens with two attached hydrogens (primary N) is 1. The molecule has 4 nitrogen and oxygen atoms in total. The molecule has 0 aliphatic rings. The zero-order valence-corrected chi connectivity index (χ0v) is 14.9. The van der Waals surface area contributed by atoms with Crippen LogP contribution in [0.5, 0.6) is 5.75 Å². The van der Waals surface area contributed by atoms with Gasteiger partial charge in [-0.05, 0) is 29.2 Å². The average molecular weight is 349 g/mol. The van der Waals surface area contributed by atoms with Crippen molar-refractivity contribution in [3.05, 3.63) is 65.7 Å². The fourth-order valence-electron chi connectivity index (χ4n) is 2.05. The van der Waals surface area contributed by atoms with Gasteiger partial charge < -0.3 is 15.8 Å². The second-order valence-electron chi connectivity index (χ2n) is 5.91. The molecule has 2 rings (SSSR count). The van der Waals surface area contributed by atoms with E-state index in [9.17, 15) is 4.79 Å². The lowest BCUT2D eigenvalue weighted by atomic mass is 10.0. The van der Waals surface area contributed by atoms with E-state index in [0.717, 1.165) is 16.9 Å². The van der Waals surface area contributed by atoms with Crippen molar-refractivity contribution in [1.82, 2.24) is 5.32 Å². The molecule has 130 valence electrons. The lowest BCUT2D eigenvalue weighted by Crippen LogP contribution is -2.43. The largest absolute Gasteiger partial charge is 0.489 e. The Balaban J connectivity index is 0.00000288. The minimum absolute atomic E-state index is 0. The molecule has 2 aromatic rings. The first kappa shape index (κ1) is 20.0. The van der Waals surface area contributed by atoms with Crippen molar-refractivity contribution < 1.29 is 9.53 Å². The molecular weight excluding hydrogens is 324 g/mol. The Kier molecular flexibility index (Phi) is 8.30. The molecule has 0 aromatic heterocycles. The fraction of sp³-hybridized carbons (Fsp3) is 0.316. The smallest absolute Gasteiger partial charge is 0.237 e. The maximum Gasteiger partial charge on any atom is 0.237 e. The molecule has 1 unspecified atom stereocenters. The van der Waals surface area contributed by atoms with Crippen LogP contribution in [0.3, 0.4) is 0 Å². The monoisotopic (exact) mass is 348 g/mol. The summed E-state index contributed by atoms with van der Waals surface area (Å²) in [7, 11) is 0. The lowest BCUT2D eigenvalue weighted by Gasteiger charge is -2.15. The van der Waals surface area contributed by atoms with Crippen molar-refractivity contribution in [3.8, 4) is 5.75 Å². The molecule has 0 heterocycles. The molecule has 0 spiro atoms. The van der Waals surface area contributed by atoms with Crippen LogP contribution in [-0.2, 0) is 17.9 Å². The number of nitrogens with one attached hydrogen (secondary N) is 1. The van der Waals surface area contributed by atoms with Crippen LogP contribution >= 0.6 is 12.4 Å². The van der Waals surface area contributed by atoms with E-state index in [0.29, 0.717) is 13.2 Å². The van der Waals surface area contributed by atoms with Gasteiger partial charge in [0, 0.05) is 6.54 Å². The molecule has 24 heavy (non-hydrogen) atoms. The molecule has 5 heteroatoms. The van der Waals surface area contributed by atoms with Crippen LogP contribution in [0.25, 0.3) is 0 Å². The predicted octanol–water partition coefficient (Wildman–Crippen LogP) is 3.29. The molecule has 1 atom stereocenters. The highest BCUT2D eigenvalue weighted by atomic mass is 35.5. The van der Waals surface area contributed by atoms with E-state index in [1.807, 2.05) is 68.4 Å². The molecule has 0 radical (unpaired) electrons. The highest BCUT2D eigenvalue weighted by molar-refractivity contribution is 5.85. The van der Waals surface area contributed by atoms with E-state index in [2.05, 4.69) is 5.32 Å². The van der Waals surface area contributed by atoms with Crippen molar-refractivity contribution in [3.63, 3.8) is 0 Å². The third-order valence-electron chi connectivity index (χ3n) is 3.66. The lowest BCUT2D eigenvalue weighted by molar-refractivity contribution is -0.123. The second kappa shape index (κ2) is 9.96. The van der Waals surface area contributed by atoms with Crippen LogP contribution < -0.4 is 15.8 Å². The van der Waals surface area contributed by atoms with Crippen LogP contribution in [0.4, 0.5) is 0 Å². The highest BCUT2D eigenvalue weighted by Crippen LogP contribution is 2.14. The molecule has 0 fully saturated rings. The number of hydrogen-bond acceptors (Lipinski definition) is 3. The van der Waals surface area contributed by atoms with E-state index in [4.69, 9.17) is 10.5 Å². The van der Waals surface area contributed by atoms with Crippen LogP contribution in [0.2, 0.25) is 0 Å². The van der Waals surface area contributed by atoms with Gasteiger partial charge in [0.15, 0.2) is 0 Å². The van der Waals surface area contributed by atoms with Gasteiger partial charge in [-0.15, -0.1) is 12.4 Å². The number of hydrogen-bond donors (Lipinski definition) is 2. The number of halogens is 1. The van der Waals surface area contributed by atoms with E-state index in [-0.39, 0.29) is 24.2 Å². The summed E-state index contributed by atoms with van der Waals surface area (Å²) in [5, 5.41) is 2.85. The van der Waals surface area contributed by atoms with Gasteiger partial charge in [-0.25, -0.2) is 0 Å². The van der Waals surface area contributed by atoms with E-state index < -0.39 is 6.04 Å². The first-order chi connectivity index (χ1) is 11.1. The van der Waals surface area contributed by atoms with Gasteiger partial charge >= 0.3 is 0 Å². The molecule has 0 aliphatic carbocycles. The van der Waals surface area contributed by atoms with Crippen molar-refractivity contribution >= 4 is 18.3 Å². The molecule has 0 aliphatic heterocycles. The summed E-state index contributed by atoms with van der Waals surface area (Å²) >= 11 is 0. The molecular formula is C19H25ClN2O2. The SMILES string of the molecule is CC(C)C(N)C(=O)NCc1ccc(OCc2ccccc2)cc1.Cl. The Hall–Kier alpha value is -2.04. The number of carbonyl (C=O) groups excluding carboxylic acids is 1. The third kappa shape index (κ3) is 6.22. The molecule has 0 bridgehead atoms. The van der Waals surface area contributed by atoms with Crippen LogP contribution in [-0.4, -0.2) is 11.9 Å². The number of amides is 1. The number of rotatable bonds is 7. The highest BCUT2D eigenvalue weighted by Gasteiger charge is 2.16. The third-order valence-corrected chi connectivity index (χ3v) is 3.66. The Morgan fingerprint density at radius 1 is 1.04 bits per heavy atom. The first-order valence-electron chi connectivity index (χ1n) is 7.85. The summed E-state index contributed by atoms with van der Waals surface area (Å²) in [4.78, 5) is 11.8. The molecule has 0 saturated heterocycles. The van der Waals surface area contributed by atoms with Crippen LogP contribution in [0.15, 0.2) is 54.6 Å². The van der Waals surface area contributed by atoms with Crippen molar-refractivity contribution in [2.24, 2.45) is 11.7 Å². The zero-order valence-electron chi connectivity index (χ0n) is 14.1. The fourth-order valence-corrected chi connectivity index (χ4v) is 2.05. The summed E-state index contributed by atoms with van der Waals surface area (Å²) < 4.78 is 5.73. The van der Waals surface area contributed by atoms with Crippen molar-refractivity contribution in [1.29, 1.82) is 0 Å². The maximum absolute atomic E-state index is 11.8. The van der Waals surface area contributed by atoms with E-state index in [1.165, 1.54) is 0 Å². The molecule has 3 N–H and O–H groups in total. The van der Waals surface area contributed by atoms with E-state index >= 15 is 0 Å². The van der Waals surface area contributed by atoms with Gasteiger partial charge in [-0.2, -0.15) is 0 Å². The Morgan fingerprint density at radius 2 is 1.67 bits per heavy atom. The zero-order chi connectivity index (χ0) is 16.7. The summed E-state index contributed by atoms with van der Waals surface area (Å²) in [5.74, 6) is 0.816. The van der Waals surface area contributed by atoms with Gasteiger partial charge in [0.25, 0.3) is 0 Å². The maximum atomic E-state index is 11.8. The van der Waals surface area contributed by atoms with Gasteiger partial charge in [0.05, 0.1) is 6.04 Å². The summed E-state index contributed by atoms with van der Waals surface area (Å²) in [6, 6.07) is 17.3. The summed E-state index contributed by atoms with van der Waals surface area (Å²) in [5.41, 5.74) is 7.96. The van der Waals surface area contributed by atoms with E-state index in [1.54, 1.807) is 0 Å². The number of ether oxygens (including phenoxy) is 1. The van der Waals surface area contributed by atoms with Gasteiger partial charge in [-0.3, -0.25) is 4.79 Å². The van der Waals surface area contributed by atoms with Crippen molar-refractivity contribution in [2.45, 2.75) is 33.0 Å². The number of carbonyl (C=O) groups is 1. The summed E-state index contributed by atoms with van der Waals surface area (Å²) in [6.07, 6.45) is 0. The Bertz CT molecular complexity index is 615. The molecule has 1 amide bonds. The topological polar surface area (TPSA) is 64.4 Å². The molecule has 0 saturated carbocycles. The standard InChI is InChI=1S/C19H24N2O2.ClH/c1-14(2)18(20)19(22)21-12-15-8-10-17(11-9-15)23-13-16-6-4-3-5-7-16;/h3-11,14,18H,12-13,20H2,1-2H3,(H,21,22);1H. The van der Waals surface area contributed by atoms with Gasteiger partial charge in [0.2, 0.25) is 5.91 Å². The normalized spacial score (nSPS) is 11.5. The first-order valence-corrected chi connectivity index (χ1v) is 7.85. The quantitative estimate of drug-likeness (QED) is 0.807. The van der Waals surface area contributed by atoms with Crippen molar-refractivity contribution in [2.75, 3.05) is 0 Å². The van der Waals surface area contributed by atoms with Gasteiger partial charge in [0.1, 0.15) is 12.4 Å². The Labute approximate surface area is 149 Å². The van der Waals surface area contributed by atoms with Crippen LogP contribution in [0, 0.1) is 5.92 Å². The summed E-state index contributed by atoms with van der Waals surface area (Å²) in [6.45, 7) is 4.88. The van der Waals surface area contributed by atoms with Crippen LogP contribution in [0.1, 0.15) is 25.0 Å². The average Bonchev–Trinajstić information content (AvgIpc) is 2.59. The Morgan fingerprint density at radius 3 is 2.25 bits per heavy atom. The minimum Gasteiger partial charge on any atom is -0.489 e. The predicted molar refractivity (Wildman–Crippen MR) is 99.1 cm³/mol. The second-order valence-corrected chi connectivity index (χ2v) is 5.91. The molecule has 2 aromatic carbocycles.